The highest BCUT2D eigenvalue weighted by Gasteiger charge is 2.06. The molecule has 0 fully saturated rings. The summed E-state index contributed by atoms with van der Waals surface area (Å²) in [6.45, 7) is 1.20. The lowest BCUT2D eigenvalue weighted by molar-refractivity contribution is 0.475. The van der Waals surface area contributed by atoms with Crippen molar-refractivity contribution in [1.82, 2.24) is 15.0 Å². The largest absolute Gasteiger partial charge is 0.508 e. The Kier molecular flexibility index (Phi) is 7.73. The third-order valence-electron chi connectivity index (χ3n) is 4.40. The fourth-order valence-corrected chi connectivity index (χ4v) is 3.00. The molecule has 3 rings (SSSR count). The number of aromatic hydroxyl groups is 1. The fraction of sp³-hybridized carbons (Fsp3) is 0.286. The van der Waals surface area contributed by atoms with Gasteiger partial charge in [0.05, 0.1) is 0 Å². The number of rotatable bonds is 10. The molecule has 0 radical (unpaired) electrons. The number of aryl methyl sites for hydroxylation is 1. The number of anilines is 2. The van der Waals surface area contributed by atoms with Crippen LogP contribution in [0.4, 0.5) is 20.7 Å². The molecule has 2 aromatic carbocycles. The number of hydrogen-bond donors (Lipinski definition) is 3. The van der Waals surface area contributed by atoms with Gasteiger partial charge in [-0.3, -0.25) is 0 Å². The summed E-state index contributed by atoms with van der Waals surface area (Å²) in [4.78, 5) is 12.4. The molecule has 0 aliphatic carbocycles. The number of halogens is 3. The summed E-state index contributed by atoms with van der Waals surface area (Å²) in [5.41, 5.74) is 1.83. The topological polar surface area (TPSA) is 83.0 Å². The van der Waals surface area contributed by atoms with E-state index in [0.29, 0.717) is 31.4 Å². The van der Waals surface area contributed by atoms with Crippen molar-refractivity contribution in [1.29, 1.82) is 0 Å². The highest BCUT2D eigenvalue weighted by molar-refractivity contribution is 6.28. The van der Waals surface area contributed by atoms with E-state index in [-0.39, 0.29) is 11.0 Å². The van der Waals surface area contributed by atoms with Crippen LogP contribution < -0.4 is 10.6 Å². The second kappa shape index (κ2) is 10.7. The van der Waals surface area contributed by atoms with Crippen LogP contribution in [-0.2, 0) is 12.8 Å². The average Bonchev–Trinajstić information content (AvgIpc) is 2.71. The second-order valence-corrected chi connectivity index (χ2v) is 7.07. The molecule has 3 N–H and O–H groups in total. The Hall–Kier alpha value is -3.00. The highest BCUT2D eigenvalue weighted by atomic mass is 35.5. The van der Waals surface area contributed by atoms with E-state index in [1.807, 2.05) is 12.1 Å². The molecule has 0 amide bonds. The number of hydrogen-bond acceptors (Lipinski definition) is 6. The van der Waals surface area contributed by atoms with Gasteiger partial charge in [0.15, 0.2) is 11.6 Å². The van der Waals surface area contributed by atoms with Gasteiger partial charge in [0.25, 0.3) is 0 Å². The van der Waals surface area contributed by atoms with Crippen LogP contribution in [-0.4, -0.2) is 33.1 Å². The molecule has 0 aliphatic rings. The van der Waals surface area contributed by atoms with Gasteiger partial charge in [-0.05, 0) is 72.7 Å². The number of unbranched alkanes of at least 4 members (excludes halogenated alkanes) is 1. The molecule has 0 spiro atoms. The lowest BCUT2D eigenvalue weighted by atomic mass is 10.1. The van der Waals surface area contributed by atoms with Crippen molar-refractivity contribution in [2.75, 3.05) is 23.7 Å². The number of nitrogens with zero attached hydrogens (tertiary/aromatic N) is 3. The summed E-state index contributed by atoms with van der Waals surface area (Å²) in [6, 6.07) is 11.0. The van der Waals surface area contributed by atoms with Crippen molar-refractivity contribution in [2.45, 2.75) is 25.7 Å². The first-order valence-electron chi connectivity index (χ1n) is 9.61. The maximum absolute atomic E-state index is 13.2. The van der Waals surface area contributed by atoms with Crippen molar-refractivity contribution >= 4 is 23.5 Å². The third-order valence-corrected chi connectivity index (χ3v) is 4.57. The Bertz CT molecular complexity index is 972. The van der Waals surface area contributed by atoms with Crippen molar-refractivity contribution in [3.8, 4) is 5.75 Å². The van der Waals surface area contributed by atoms with Gasteiger partial charge in [0.2, 0.25) is 17.2 Å². The molecule has 1 heterocycles. The maximum Gasteiger partial charge on any atom is 0.228 e. The van der Waals surface area contributed by atoms with Crippen LogP contribution in [0.1, 0.15) is 24.0 Å². The minimum atomic E-state index is -0.834. The molecule has 0 saturated carbocycles. The van der Waals surface area contributed by atoms with E-state index >= 15 is 0 Å². The zero-order valence-corrected chi connectivity index (χ0v) is 17.0. The smallest absolute Gasteiger partial charge is 0.228 e. The van der Waals surface area contributed by atoms with E-state index in [4.69, 9.17) is 11.6 Å². The zero-order chi connectivity index (χ0) is 21.3. The number of phenolic OH excluding ortho intramolecular Hbond substituents is 1. The zero-order valence-electron chi connectivity index (χ0n) is 16.2. The molecule has 0 aliphatic heterocycles. The Morgan fingerprint density at radius 1 is 0.767 bits per heavy atom. The van der Waals surface area contributed by atoms with Crippen LogP contribution in [0.25, 0.3) is 0 Å². The van der Waals surface area contributed by atoms with Crippen LogP contribution in [0.15, 0.2) is 42.5 Å². The quantitative estimate of drug-likeness (QED) is 0.405. The molecular formula is C21H22ClF2N5O. The van der Waals surface area contributed by atoms with Gasteiger partial charge in [-0.25, -0.2) is 8.78 Å². The second-order valence-electron chi connectivity index (χ2n) is 6.73. The van der Waals surface area contributed by atoms with Crippen molar-refractivity contribution in [3.05, 3.63) is 70.5 Å². The molecule has 0 atom stereocenters. The molecule has 1 aromatic heterocycles. The number of aromatic nitrogens is 3. The predicted octanol–water partition coefficient (Wildman–Crippen LogP) is 4.60. The van der Waals surface area contributed by atoms with E-state index < -0.39 is 11.6 Å². The van der Waals surface area contributed by atoms with E-state index in [2.05, 4.69) is 25.6 Å². The molecule has 30 heavy (non-hydrogen) atoms. The van der Waals surface area contributed by atoms with Crippen molar-refractivity contribution in [2.24, 2.45) is 0 Å². The molecule has 6 nitrogen and oxygen atoms in total. The summed E-state index contributed by atoms with van der Waals surface area (Å²) in [6.07, 6.45) is 2.98. The Morgan fingerprint density at radius 2 is 1.43 bits per heavy atom. The summed E-state index contributed by atoms with van der Waals surface area (Å²) >= 11 is 5.97. The SMILES string of the molecule is Oc1ccc(CCNc2nc(Cl)nc(NCCCCc3ccc(F)c(F)c3)n2)cc1. The first kappa shape index (κ1) is 21.7. The minimum absolute atomic E-state index is 0.0846. The van der Waals surface area contributed by atoms with Gasteiger partial charge in [-0.1, -0.05) is 18.2 Å². The summed E-state index contributed by atoms with van der Waals surface area (Å²) in [5.74, 6) is -0.681. The average molecular weight is 434 g/mol. The first-order chi connectivity index (χ1) is 14.5. The van der Waals surface area contributed by atoms with E-state index in [0.717, 1.165) is 36.5 Å². The van der Waals surface area contributed by atoms with Crippen LogP contribution in [0.5, 0.6) is 5.75 Å². The number of nitrogens with one attached hydrogen (secondary N) is 2. The fourth-order valence-electron chi connectivity index (χ4n) is 2.84. The lowest BCUT2D eigenvalue weighted by Crippen LogP contribution is -2.12. The standard InChI is InChI=1S/C21H22ClF2N5O/c22-19-27-20(25-11-2-1-3-15-6-9-17(23)18(24)13-15)29-21(28-19)26-12-10-14-4-7-16(30)8-5-14/h4-9,13,30H,1-3,10-12H2,(H2,25,26,27,28,29). The normalized spacial score (nSPS) is 10.8. The number of benzene rings is 2. The maximum atomic E-state index is 13.2. The van der Waals surface area contributed by atoms with E-state index in [1.54, 1.807) is 18.2 Å². The van der Waals surface area contributed by atoms with Crippen molar-refractivity contribution in [3.63, 3.8) is 0 Å². The highest BCUT2D eigenvalue weighted by Crippen LogP contribution is 2.13. The molecule has 0 bridgehead atoms. The lowest BCUT2D eigenvalue weighted by Gasteiger charge is -2.09. The monoisotopic (exact) mass is 433 g/mol. The van der Waals surface area contributed by atoms with Gasteiger partial charge in [0.1, 0.15) is 5.75 Å². The van der Waals surface area contributed by atoms with Crippen molar-refractivity contribution < 1.29 is 13.9 Å². The van der Waals surface area contributed by atoms with Gasteiger partial charge in [-0.2, -0.15) is 15.0 Å². The first-order valence-corrected chi connectivity index (χ1v) is 9.98. The Morgan fingerprint density at radius 3 is 2.13 bits per heavy atom. The van der Waals surface area contributed by atoms with Crippen LogP contribution in [0.3, 0.4) is 0 Å². The Labute approximate surface area is 178 Å². The van der Waals surface area contributed by atoms with Gasteiger partial charge in [0, 0.05) is 13.1 Å². The Balaban J connectivity index is 1.41. The number of phenols is 1. The third kappa shape index (κ3) is 6.81. The predicted molar refractivity (Wildman–Crippen MR) is 113 cm³/mol. The summed E-state index contributed by atoms with van der Waals surface area (Å²) in [5, 5.41) is 15.6. The molecule has 0 unspecified atom stereocenters. The van der Waals surface area contributed by atoms with E-state index in [1.165, 1.54) is 6.07 Å². The summed E-state index contributed by atoms with van der Waals surface area (Å²) < 4.78 is 26.2. The van der Waals surface area contributed by atoms with Gasteiger partial charge in [-0.15, -0.1) is 0 Å². The summed E-state index contributed by atoms with van der Waals surface area (Å²) in [7, 11) is 0. The van der Waals surface area contributed by atoms with E-state index in [9.17, 15) is 13.9 Å². The molecule has 3 aromatic rings. The molecule has 158 valence electrons. The van der Waals surface area contributed by atoms with Crippen LogP contribution in [0, 0.1) is 11.6 Å². The molecule has 9 heteroatoms. The van der Waals surface area contributed by atoms with Crippen LogP contribution in [0.2, 0.25) is 5.28 Å². The van der Waals surface area contributed by atoms with Crippen LogP contribution >= 0.6 is 11.6 Å². The van der Waals surface area contributed by atoms with Gasteiger partial charge >= 0.3 is 0 Å². The minimum Gasteiger partial charge on any atom is -0.508 e. The van der Waals surface area contributed by atoms with Gasteiger partial charge < -0.3 is 15.7 Å². The molecular weight excluding hydrogens is 412 g/mol. The molecule has 0 saturated heterocycles.